The highest BCUT2D eigenvalue weighted by Crippen LogP contribution is 2.27. The van der Waals surface area contributed by atoms with Gasteiger partial charge < -0.3 is 4.52 Å². The number of aromatic nitrogens is 4. The zero-order chi connectivity index (χ0) is 21.4. The predicted octanol–water partition coefficient (Wildman–Crippen LogP) is 2.78. The van der Waals surface area contributed by atoms with E-state index in [1.807, 2.05) is 0 Å². The zero-order valence-corrected chi connectivity index (χ0v) is 16.5. The van der Waals surface area contributed by atoms with Crippen molar-refractivity contribution in [3.8, 4) is 11.5 Å². The molecule has 0 amide bonds. The third-order valence-corrected chi connectivity index (χ3v) is 4.78. The molecule has 8 nitrogen and oxygen atoms in total. The van der Waals surface area contributed by atoms with E-state index in [1.165, 1.54) is 10.9 Å². The number of nitrogens with one attached hydrogen (secondary N) is 1. The van der Waals surface area contributed by atoms with Crippen molar-refractivity contribution < 1.29 is 26.1 Å². The van der Waals surface area contributed by atoms with E-state index in [2.05, 4.69) is 20.0 Å². The van der Waals surface area contributed by atoms with E-state index < -0.39 is 27.4 Å². The lowest BCUT2D eigenvalue weighted by atomic mass is 10.1. The maximum absolute atomic E-state index is 12.6. The Labute approximate surface area is 164 Å². The molecule has 0 aliphatic heterocycles. The van der Waals surface area contributed by atoms with Crippen molar-refractivity contribution in [2.75, 3.05) is 6.26 Å². The third kappa shape index (κ3) is 5.21. The lowest BCUT2D eigenvalue weighted by Crippen LogP contribution is -2.41. The van der Waals surface area contributed by atoms with E-state index in [1.54, 1.807) is 38.1 Å². The van der Waals surface area contributed by atoms with Crippen LogP contribution in [-0.2, 0) is 28.3 Å². The van der Waals surface area contributed by atoms with Crippen molar-refractivity contribution in [2.45, 2.75) is 32.1 Å². The largest absolute Gasteiger partial charge is 0.435 e. The summed E-state index contributed by atoms with van der Waals surface area (Å²) in [6.07, 6.45) is -2.19. The van der Waals surface area contributed by atoms with Crippen LogP contribution in [0.4, 0.5) is 13.2 Å². The topological polar surface area (TPSA) is 103 Å². The van der Waals surface area contributed by atoms with Crippen molar-refractivity contribution in [1.29, 1.82) is 0 Å². The van der Waals surface area contributed by atoms with Crippen LogP contribution in [0.3, 0.4) is 0 Å². The van der Waals surface area contributed by atoms with Gasteiger partial charge in [0.15, 0.2) is 11.5 Å². The van der Waals surface area contributed by atoms with Gasteiger partial charge in [0.1, 0.15) is 0 Å². The maximum Gasteiger partial charge on any atom is 0.435 e. The fourth-order valence-corrected chi connectivity index (χ4v) is 3.66. The van der Waals surface area contributed by atoms with E-state index in [0.717, 1.165) is 17.9 Å². The molecule has 1 aromatic carbocycles. The highest BCUT2D eigenvalue weighted by atomic mass is 32.2. The van der Waals surface area contributed by atoms with Gasteiger partial charge in [0, 0.05) is 11.8 Å². The molecule has 0 atom stereocenters. The molecule has 0 aliphatic carbocycles. The Morgan fingerprint density at radius 2 is 1.79 bits per heavy atom. The van der Waals surface area contributed by atoms with Crippen molar-refractivity contribution in [1.82, 2.24) is 24.6 Å². The molecule has 29 heavy (non-hydrogen) atoms. The first-order valence-corrected chi connectivity index (χ1v) is 10.3. The van der Waals surface area contributed by atoms with Crippen molar-refractivity contribution in [3.63, 3.8) is 0 Å². The molecule has 2 aromatic heterocycles. The van der Waals surface area contributed by atoms with E-state index in [4.69, 9.17) is 4.52 Å². The van der Waals surface area contributed by atoms with E-state index >= 15 is 0 Å². The fourth-order valence-electron chi connectivity index (χ4n) is 2.64. The maximum atomic E-state index is 12.6. The van der Waals surface area contributed by atoms with Gasteiger partial charge in [-0.3, -0.25) is 4.68 Å². The molecule has 0 radical (unpaired) electrons. The van der Waals surface area contributed by atoms with Crippen LogP contribution in [0.1, 0.15) is 30.9 Å². The molecule has 0 spiro atoms. The molecule has 0 saturated carbocycles. The van der Waals surface area contributed by atoms with Gasteiger partial charge in [0.25, 0.3) is 5.89 Å². The number of sulfonamides is 1. The minimum Gasteiger partial charge on any atom is -0.334 e. The number of halogens is 3. The SMILES string of the molecule is CC(C)(NS(C)(=O)=O)c1noc(-c2ccc(Cn3ccc(C(F)(F)F)n3)cc2)n1. The molecule has 0 bridgehead atoms. The number of hydrogen-bond acceptors (Lipinski definition) is 6. The van der Waals surface area contributed by atoms with Crippen LogP contribution in [0.5, 0.6) is 0 Å². The number of rotatable bonds is 6. The second-order valence-electron chi connectivity index (χ2n) is 7.02. The Bertz CT molecular complexity index is 1100. The molecule has 3 aromatic rings. The second kappa shape index (κ2) is 7.26. The molecule has 1 N–H and O–H groups in total. The summed E-state index contributed by atoms with van der Waals surface area (Å²) in [7, 11) is -3.48. The molecule has 2 heterocycles. The van der Waals surface area contributed by atoms with Crippen LogP contribution >= 0.6 is 0 Å². The quantitative estimate of drug-likeness (QED) is 0.646. The number of alkyl halides is 3. The number of hydrogen-bond donors (Lipinski definition) is 1. The highest BCUT2D eigenvalue weighted by Gasteiger charge is 2.33. The average molecular weight is 429 g/mol. The minimum absolute atomic E-state index is 0.163. The molecule has 156 valence electrons. The average Bonchev–Trinajstić information content (AvgIpc) is 3.22. The summed E-state index contributed by atoms with van der Waals surface area (Å²) in [5, 5.41) is 7.34. The van der Waals surface area contributed by atoms with Gasteiger partial charge in [-0.15, -0.1) is 0 Å². The van der Waals surface area contributed by atoms with Crippen LogP contribution in [-0.4, -0.2) is 34.6 Å². The normalized spacial score (nSPS) is 13.0. The molecule has 0 unspecified atom stereocenters. The van der Waals surface area contributed by atoms with Crippen molar-refractivity contribution in [2.24, 2.45) is 0 Å². The molecule has 0 saturated heterocycles. The van der Waals surface area contributed by atoms with Crippen LogP contribution in [0.25, 0.3) is 11.5 Å². The summed E-state index contributed by atoms with van der Waals surface area (Å²) in [6.45, 7) is 3.37. The Morgan fingerprint density at radius 3 is 2.34 bits per heavy atom. The molecular weight excluding hydrogens is 411 g/mol. The van der Waals surface area contributed by atoms with Crippen LogP contribution < -0.4 is 4.72 Å². The van der Waals surface area contributed by atoms with Crippen LogP contribution in [0.2, 0.25) is 0 Å². The Morgan fingerprint density at radius 1 is 1.14 bits per heavy atom. The summed E-state index contributed by atoms with van der Waals surface area (Å²) in [6, 6.07) is 7.68. The zero-order valence-electron chi connectivity index (χ0n) is 15.7. The summed E-state index contributed by atoms with van der Waals surface area (Å²) >= 11 is 0. The lowest BCUT2D eigenvalue weighted by molar-refractivity contribution is -0.141. The molecular formula is C17H18F3N5O3S. The summed E-state index contributed by atoms with van der Waals surface area (Å²) in [5.41, 5.74) is -0.702. The number of nitrogens with zero attached hydrogens (tertiary/aromatic N) is 4. The van der Waals surface area contributed by atoms with Crippen molar-refractivity contribution >= 4 is 10.0 Å². The van der Waals surface area contributed by atoms with Crippen LogP contribution in [0.15, 0.2) is 41.1 Å². The van der Waals surface area contributed by atoms with Gasteiger partial charge in [0.05, 0.1) is 18.3 Å². The predicted molar refractivity (Wildman–Crippen MR) is 97.1 cm³/mol. The smallest absolute Gasteiger partial charge is 0.334 e. The van der Waals surface area contributed by atoms with E-state index in [-0.39, 0.29) is 18.3 Å². The van der Waals surface area contributed by atoms with E-state index in [9.17, 15) is 21.6 Å². The Balaban J connectivity index is 1.74. The molecule has 12 heteroatoms. The monoisotopic (exact) mass is 429 g/mol. The minimum atomic E-state index is -4.48. The second-order valence-corrected chi connectivity index (χ2v) is 8.76. The summed E-state index contributed by atoms with van der Waals surface area (Å²) in [5.74, 6) is 0.353. The lowest BCUT2D eigenvalue weighted by Gasteiger charge is -2.20. The first-order valence-electron chi connectivity index (χ1n) is 8.37. The first-order chi connectivity index (χ1) is 13.3. The Kier molecular flexibility index (Phi) is 5.26. The summed E-state index contributed by atoms with van der Waals surface area (Å²) < 4.78 is 69.6. The Hall–Kier alpha value is -2.73. The van der Waals surface area contributed by atoms with Gasteiger partial charge in [-0.05, 0) is 37.6 Å². The highest BCUT2D eigenvalue weighted by molar-refractivity contribution is 7.88. The van der Waals surface area contributed by atoms with Gasteiger partial charge in [-0.1, -0.05) is 17.3 Å². The first kappa shape index (κ1) is 21.0. The molecule has 0 aliphatic rings. The van der Waals surface area contributed by atoms with Gasteiger partial charge in [-0.2, -0.15) is 23.3 Å². The fraction of sp³-hybridized carbons (Fsp3) is 0.353. The van der Waals surface area contributed by atoms with Gasteiger partial charge in [0.2, 0.25) is 10.0 Å². The standard InChI is InChI=1S/C17H18F3N5O3S/c1-16(2,24-29(3,26)27)15-21-14(28-23-15)12-6-4-11(5-7-12)10-25-9-8-13(22-25)17(18,19)20/h4-9,24H,10H2,1-3H3. The summed E-state index contributed by atoms with van der Waals surface area (Å²) in [4.78, 5) is 4.23. The molecule has 3 rings (SSSR count). The van der Waals surface area contributed by atoms with Crippen molar-refractivity contribution in [3.05, 3.63) is 53.6 Å². The van der Waals surface area contributed by atoms with Gasteiger partial charge in [-0.25, -0.2) is 13.1 Å². The van der Waals surface area contributed by atoms with Crippen LogP contribution in [0, 0.1) is 0 Å². The number of benzene rings is 1. The van der Waals surface area contributed by atoms with Gasteiger partial charge >= 0.3 is 6.18 Å². The third-order valence-electron chi connectivity index (χ3n) is 3.90. The van der Waals surface area contributed by atoms with E-state index in [0.29, 0.717) is 5.56 Å². The molecule has 0 fully saturated rings.